The van der Waals surface area contributed by atoms with Crippen LogP contribution < -0.4 is 0 Å². The molecule has 0 aromatic heterocycles. The van der Waals surface area contributed by atoms with Gasteiger partial charge in [-0.2, -0.15) is 0 Å². The van der Waals surface area contributed by atoms with Crippen molar-refractivity contribution in [3.05, 3.63) is 34.3 Å². The Balaban J connectivity index is 1.46. The summed E-state index contributed by atoms with van der Waals surface area (Å²) in [5, 5.41) is 0. The van der Waals surface area contributed by atoms with Crippen LogP contribution in [0.1, 0.15) is 43.6 Å². The first-order valence-electron chi connectivity index (χ1n) is 6.84. The van der Waals surface area contributed by atoms with Gasteiger partial charge < -0.3 is 9.47 Å². The molecular weight excluding hydrogens is 292 g/mol. The quantitative estimate of drug-likeness (QED) is 0.831. The zero-order chi connectivity index (χ0) is 12.4. The van der Waals surface area contributed by atoms with Crippen LogP contribution in [0.5, 0.6) is 0 Å². The van der Waals surface area contributed by atoms with Gasteiger partial charge in [0.2, 0.25) is 0 Å². The molecule has 3 rings (SSSR count). The smallest absolute Gasteiger partial charge is 0.157 e. The van der Waals surface area contributed by atoms with Gasteiger partial charge in [0.15, 0.2) is 6.29 Å². The Labute approximate surface area is 117 Å². The van der Waals surface area contributed by atoms with E-state index >= 15 is 0 Å². The van der Waals surface area contributed by atoms with E-state index in [9.17, 15) is 0 Å². The van der Waals surface area contributed by atoms with Crippen molar-refractivity contribution in [3.63, 3.8) is 0 Å². The summed E-state index contributed by atoms with van der Waals surface area (Å²) in [6, 6.07) is 8.66. The highest BCUT2D eigenvalue weighted by Gasteiger charge is 2.33. The number of hydrogen-bond acceptors (Lipinski definition) is 2. The van der Waals surface area contributed by atoms with Crippen molar-refractivity contribution in [3.8, 4) is 0 Å². The maximum Gasteiger partial charge on any atom is 0.157 e. The van der Waals surface area contributed by atoms with Gasteiger partial charge in [0.1, 0.15) is 0 Å². The topological polar surface area (TPSA) is 18.5 Å². The third kappa shape index (κ3) is 2.95. The van der Waals surface area contributed by atoms with Crippen LogP contribution in [0.2, 0.25) is 0 Å². The van der Waals surface area contributed by atoms with Gasteiger partial charge in [0.05, 0.1) is 6.10 Å². The fourth-order valence-electron chi connectivity index (χ4n) is 2.72. The fraction of sp³-hybridized carbons (Fsp3) is 0.600. The second-order valence-electron chi connectivity index (χ2n) is 5.27. The number of rotatable bonds is 3. The second-order valence-corrected chi connectivity index (χ2v) is 6.19. The van der Waals surface area contributed by atoms with E-state index in [0.717, 1.165) is 30.3 Å². The molecule has 2 fully saturated rings. The predicted molar refractivity (Wildman–Crippen MR) is 74.6 cm³/mol. The molecule has 0 N–H and O–H groups in total. The molecule has 1 aliphatic heterocycles. The normalized spacial score (nSPS) is 31.9. The molecule has 1 saturated carbocycles. The molecule has 1 aliphatic carbocycles. The number of hydrogen-bond donors (Lipinski definition) is 0. The molecule has 1 atom stereocenters. The van der Waals surface area contributed by atoms with Gasteiger partial charge in [-0.25, -0.2) is 0 Å². The monoisotopic (exact) mass is 310 g/mol. The molecular formula is C15H19BrO2. The van der Waals surface area contributed by atoms with E-state index < -0.39 is 0 Å². The van der Waals surface area contributed by atoms with Crippen molar-refractivity contribution < 1.29 is 9.47 Å². The first kappa shape index (κ1) is 12.6. The molecule has 18 heavy (non-hydrogen) atoms. The van der Waals surface area contributed by atoms with Crippen LogP contribution in [0.15, 0.2) is 28.7 Å². The molecule has 98 valence electrons. The average Bonchev–Trinajstić information content (AvgIpc) is 2.36. The summed E-state index contributed by atoms with van der Waals surface area (Å²) in [5.74, 6) is 0.673. The van der Waals surface area contributed by atoms with E-state index in [4.69, 9.17) is 9.47 Å². The number of ether oxygens (including phenoxy) is 2. The zero-order valence-corrected chi connectivity index (χ0v) is 12.1. The standard InChI is InChI=1S/C15H19BrO2/c16-13-6-4-11(5-7-13)12-9-14(10-12)18-15-3-1-2-8-17-15/h4-7,12,14-15H,1-3,8-10H2/t12-,14+,15?. The molecule has 1 aromatic carbocycles. The van der Waals surface area contributed by atoms with Crippen LogP contribution in [0.25, 0.3) is 0 Å². The maximum absolute atomic E-state index is 5.97. The van der Waals surface area contributed by atoms with Crippen LogP contribution in [0.4, 0.5) is 0 Å². The minimum Gasteiger partial charge on any atom is -0.353 e. The molecule has 1 unspecified atom stereocenters. The maximum atomic E-state index is 5.97. The second kappa shape index (κ2) is 5.72. The van der Waals surface area contributed by atoms with E-state index in [1.807, 2.05) is 0 Å². The molecule has 1 heterocycles. The van der Waals surface area contributed by atoms with Crippen molar-refractivity contribution in [1.82, 2.24) is 0 Å². The average molecular weight is 311 g/mol. The lowest BCUT2D eigenvalue weighted by molar-refractivity contribution is -0.204. The van der Waals surface area contributed by atoms with E-state index in [0.29, 0.717) is 12.0 Å². The molecule has 0 radical (unpaired) electrons. The van der Waals surface area contributed by atoms with Crippen LogP contribution in [-0.4, -0.2) is 19.0 Å². The summed E-state index contributed by atoms with van der Waals surface area (Å²) in [7, 11) is 0. The van der Waals surface area contributed by atoms with Gasteiger partial charge in [-0.15, -0.1) is 0 Å². The van der Waals surface area contributed by atoms with Gasteiger partial charge in [-0.3, -0.25) is 0 Å². The summed E-state index contributed by atoms with van der Waals surface area (Å²) in [5.41, 5.74) is 1.43. The highest BCUT2D eigenvalue weighted by atomic mass is 79.9. The Kier molecular flexibility index (Phi) is 4.02. The Hall–Kier alpha value is -0.380. The van der Waals surface area contributed by atoms with Crippen LogP contribution in [0, 0.1) is 0 Å². The van der Waals surface area contributed by atoms with Crippen LogP contribution in [0.3, 0.4) is 0 Å². The Morgan fingerprint density at radius 2 is 1.89 bits per heavy atom. The predicted octanol–water partition coefficient (Wildman–Crippen LogP) is 4.24. The summed E-state index contributed by atoms with van der Waals surface area (Å²) in [4.78, 5) is 0. The van der Waals surface area contributed by atoms with Crippen LogP contribution in [-0.2, 0) is 9.47 Å². The third-order valence-corrected chi connectivity index (χ3v) is 4.45. The first-order chi connectivity index (χ1) is 8.81. The SMILES string of the molecule is Brc1ccc([C@H]2C[C@@H](OC3CCCCO3)C2)cc1. The summed E-state index contributed by atoms with van der Waals surface area (Å²) < 4.78 is 12.7. The highest BCUT2D eigenvalue weighted by molar-refractivity contribution is 9.10. The van der Waals surface area contributed by atoms with Crippen LogP contribution >= 0.6 is 15.9 Å². The Morgan fingerprint density at radius 1 is 1.11 bits per heavy atom. The molecule has 2 nitrogen and oxygen atoms in total. The van der Waals surface area contributed by atoms with Crippen molar-refractivity contribution in [1.29, 1.82) is 0 Å². The van der Waals surface area contributed by atoms with Crippen molar-refractivity contribution >= 4 is 15.9 Å². The van der Waals surface area contributed by atoms with Gasteiger partial charge in [0, 0.05) is 11.1 Å². The Bertz CT molecular complexity index is 378. The molecule has 0 bridgehead atoms. The summed E-state index contributed by atoms with van der Waals surface area (Å²) in [6.45, 7) is 0.869. The Morgan fingerprint density at radius 3 is 2.56 bits per heavy atom. The van der Waals surface area contributed by atoms with E-state index in [-0.39, 0.29) is 6.29 Å². The van der Waals surface area contributed by atoms with E-state index in [1.165, 1.54) is 18.4 Å². The fourth-order valence-corrected chi connectivity index (χ4v) is 2.98. The zero-order valence-electron chi connectivity index (χ0n) is 10.5. The first-order valence-corrected chi connectivity index (χ1v) is 7.63. The molecule has 1 saturated heterocycles. The van der Waals surface area contributed by atoms with Crippen molar-refractivity contribution in [2.75, 3.05) is 6.61 Å². The molecule has 3 heteroatoms. The lowest BCUT2D eigenvalue weighted by Crippen LogP contribution is -2.35. The summed E-state index contributed by atoms with van der Waals surface area (Å²) >= 11 is 3.47. The van der Waals surface area contributed by atoms with Gasteiger partial charge in [0.25, 0.3) is 0 Å². The van der Waals surface area contributed by atoms with E-state index in [1.54, 1.807) is 0 Å². The highest BCUT2D eigenvalue weighted by Crippen LogP contribution is 2.40. The van der Waals surface area contributed by atoms with Crippen molar-refractivity contribution in [2.45, 2.75) is 50.4 Å². The van der Waals surface area contributed by atoms with Gasteiger partial charge in [-0.1, -0.05) is 28.1 Å². The van der Waals surface area contributed by atoms with E-state index in [2.05, 4.69) is 40.2 Å². The minimum absolute atomic E-state index is 0.0645. The minimum atomic E-state index is 0.0645. The molecule has 1 aromatic rings. The van der Waals surface area contributed by atoms with Gasteiger partial charge in [-0.05, 0) is 55.7 Å². The molecule has 0 spiro atoms. The third-order valence-electron chi connectivity index (χ3n) is 3.92. The lowest BCUT2D eigenvalue weighted by Gasteiger charge is -2.38. The molecule has 2 aliphatic rings. The number of halogens is 1. The largest absolute Gasteiger partial charge is 0.353 e. The number of benzene rings is 1. The molecule has 0 amide bonds. The summed E-state index contributed by atoms with van der Waals surface area (Å²) in [6.07, 6.45) is 6.25. The van der Waals surface area contributed by atoms with Crippen molar-refractivity contribution in [2.24, 2.45) is 0 Å². The van der Waals surface area contributed by atoms with Gasteiger partial charge >= 0.3 is 0 Å². The lowest BCUT2D eigenvalue weighted by atomic mass is 9.77.